The average Bonchev–Trinajstić information content (AvgIpc) is 2.58. The van der Waals surface area contributed by atoms with Gasteiger partial charge in [-0.3, -0.25) is 14.4 Å². The molecule has 0 bridgehead atoms. The first kappa shape index (κ1) is 13.3. The van der Waals surface area contributed by atoms with Gasteiger partial charge >= 0.3 is 17.9 Å². The molecule has 2 saturated heterocycles. The number of nitrogens with one attached hydrogen (secondary N) is 2. The van der Waals surface area contributed by atoms with Gasteiger partial charge in [0.1, 0.15) is 11.1 Å². The van der Waals surface area contributed by atoms with Crippen molar-refractivity contribution in [3.63, 3.8) is 0 Å². The summed E-state index contributed by atoms with van der Waals surface area (Å²) in [6.45, 7) is 12.1. The molecule has 2 N–H and O–H groups in total. The smallest absolute Gasteiger partial charge is 0.319 e. The predicted molar refractivity (Wildman–Crippen MR) is 63.3 cm³/mol. The highest BCUT2D eigenvalue weighted by Crippen LogP contribution is 2.50. The summed E-state index contributed by atoms with van der Waals surface area (Å²) in [6.07, 6.45) is 0. The van der Waals surface area contributed by atoms with E-state index in [9.17, 15) is 14.4 Å². The second-order valence-corrected chi connectivity index (χ2v) is 5.10. The summed E-state index contributed by atoms with van der Waals surface area (Å²) in [4.78, 5) is 39.1. The number of hydrogen-bond acceptors (Lipinski definition) is 4. The molecule has 0 radical (unpaired) electrons. The zero-order valence-corrected chi connectivity index (χ0v) is 10.9. The Morgan fingerprint density at radius 1 is 1.37 bits per heavy atom. The van der Waals surface area contributed by atoms with Crippen LogP contribution in [0.4, 0.5) is 0 Å². The minimum atomic E-state index is -1.16. The molecule has 2 aliphatic rings. The SMILES string of the molecule is [C-]#[N+]C1C(=O)N[C@@]2(C)NC(=O)C(C(=O)OCC)[C@@]12C. The number of carbonyl (C=O) groups is 3. The largest absolute Gasteiger partial charge is 0.465 e. The maximum Gasteiger partial charge on any atom is 0.319 e. The molecule has 7 nitrogen and oxygen atoms in total. The Bertz CT molecular complexity index is 512. The van der Waals surface area contributed by atoms with Gasteiger partial charge in [0.2, 0.25) is 5.91 Å². The predicted octanol–water partition coefficient (Wildman–Crippen LogP) is -0.564. The van der Waals surface area contributed by atoms with Crippen LogP contribution in [0, 0.1) is 17.9 Å². The van der Waals surface area contributed by atoms with Crippen LogP contribution in [0.3, 0.4) is 0 Å². The molecule has 0 spiro atoms. The van der Waals surface area contributed by atoms with Gasteiger partial charge in [-0.1, -0.05) is 0 Å². The lowest BCUT2D eigenvalue weighted by Gasteiger charge is -2.32. The van der Waals surface area contributed by atoms with Crippen LogP contribution in [0.25, 0.3) is 4.85 Å². The van der Waals surface area contributed by atoms with Crippen molar-refractivity contribution < 1.29 is 19.1 Å². The Kier molecular flexibility index (Phi) is 2.77. The number of carbonyl (C=O) groups excluding carboxylic acids is 3. The zero-order chi connectivity index (χ0) is 14.4. The Morgan fingerprint density at radius 3 is 2.47 bits per heavy atom. The number of rotatable bonds is 2. The molecule has 2 rings (SSSR count). The lowest BCUT2D eigenvalue weighted by Crippen LogP contribution is -2.55. The molecule has 2 aliphatic heterocycles. The first-order valence-electron chi connectivity index (χ1n) is 5.99. The van der Waals surface area contributed by atoms with Crippen molar-refractivity contribution >= 4 is 17.8 Å². The second-order valence-electron chi connectivity index (χ2n) is 5.10. The topological polar surface area (TPSA) is 88.9 Å². The third-order valence-electron chi connectivity index (χ3n) is 4.15. The molecule has 2 fully saturated rings. The van der Waals surface area contributed by atoms with Gasteiger partial charge in [0.05, 0.1) is 6.61 Å². The van der Waals surface area contributed by atoms with Crippen molar-refractivity contribution in [3.05, 3.63) is 11.4 Å². The normalized spacial score (nSPS) is 40.1. The summed E-state index contributed by atoms with van der Waals surface area (Å²) in [7, 11) is 0. The molecule has 4 atom stereocenters. The van der Waals surface area contributed by atoms with E-state index in [1.807, 2.05) is 0 Å². The van der Waals surface area contributed by atoms with Crippen molar-refractivity contribution in [1.29, 1.82) is 0 Å². The molecular weight excluding hydrogens is 250 g/mol. The summed E-state index contributed by atoms with van der Waals surface area (Å²) in [5.74, 6) is -2.85. The van der Waals surface area contributed by atoms with Gasteiger partial charge in [-0.05, 0) is 20.8 Å². The van der Waals surface area contributed by atoms with Crippen LogP contribution in [-0.2, 0) is 19.1 Å². The molecule has 0 aromatic heterocycles. The minimum Gasteiger partial charge on any atom is -0.465 e. The van der Waals surface area contributed by atoms with Gasteiger partial charge in [-0.15, -0.1) is 0 Å². The van der Waals surface area contributed by atoms with Gasteiger partial charge in [0, 0.05) is 0 Å². The minimum absolute atomic E-state index is 0.138. The van der Waals surface area contributed by atoms with Gasteiger partial charge < -0.3 is 20.2 Å². The monoisotopic (exact) mass is 265 g/mol. The summed E-state index contributed by atoms with van der Waals surface area (Å²) >= 11 is 0. The van der Waals surface area contributed by atoms with E-state index in [1.54, 1.807) is 20.8 Å². The van der Waals surface area contributed by atoms with E-state index in [-0.39, 0.29) is 6.61 Å². The van der Waals surface area contributed by atoms with E-state index in [0.717, 1.165) is 0 Å². The van der Waals surface area contributed by atoms with E-state index in [4.69, 9.17) is 11.3 Å². The Morgan fingerprint density at radius 2 is 1.95 bits per heavy atom. The van der Waals surface area contributed by atoms with Crippen LogP contribution >= 0.6 is 0 Å². The Labute approximate surface area is 110 Å². The molecule has 0 aromatic rings. The summed E-state index contributed by atoms with van der Waals surface area (Å²) in [6, 6.07) is -1.09. The summed E-state index contributed by atoms with van der Waals surface area (Å²) in [5, 5.41) is 5.20. The van der Waals surface area contributed by atoms with Crippen LogP contribution in [0.5, 0.6) is 0 Å². The molecule has 7 heteroatoms. The molecule has 0 aromatic carbocycles. The highest BCUT2D eigenvalue weighted by atomic mass is 16.5. The number of ether oxygens (including phenoxy) is 1. The van der Waals surface area contributed by atoms with Crippen molar-refractivity contribution in [2.75, 3.05) is 6.61 Å². The highest BCUT2D eigenvalue weighted by Gasteiger charge is 2.75. The van der Waals surface area contributed by atoms with Crippen molar-refractivity contribution in [2.45, 2.75) is 32.5 Å². The fraction of sp³-hybridized carbons (Fsp3) is 0.667. The average molecular weight is 265 g/mol. The number of amides is 2. The first-order valence-corrected chi connectivity index (χ1v) is 5.99. The van der Waals surface area contributed by atoms with E-state index in [2.05, 4.69) is 15.5 Å². The van der Waals surface area contributed by atoms with Gasteiger partial charge in [0.15, 0.2) is 5.92 Å². The number of fused-ring (bicyclic) bond motifs is 1. The standard InChI is InChI=1S/C12H15N3O4/c1-5-19-10(18)6-8(16)14-12(3)11(6,2)7(13-4)9(17)15-12/h6-7H,5H2,1-3H3,(H,14,16)(H,15,17)/t6?,7?,11-,12+/m0/s1. The third kappa shape index (κ3) is 1.46. The lowest BCUT2D eigenvalue weighted by atomic mass is 9.69. The molecule has 102 valence electrons. The fourth-order valence-electron chi connectivity index (χ4n) is 2.97. The molecule has 2 heterocycles. The number of nitrogens with zero attached hydrogens (tertiary/aromatic N) is 1. The highest BCUT2D eigenvalue weighted by molar-refractivity contribution is 6.05. The van der Waals surface area contributed by atoms with Crippen LogP contribution in [0.2, 0.25) is 0 Å². The van der Waals surface area contributed by atoms with Crippen LogP contribution in [0.15, 0.2) is 0 Å². The number of esters is 1. The van der Waals surface area contributed by atoms with Crippen molar-refractivity contribution in [1.82, 2.24) is 10.6 Å². The quantitative estimate of drug-likeness (QED) is 0.398. The van der Waals surface area contributed by atoms with Crippen LogP contribution in [0.1, 0.15) is 20.8 Å². The molecule has 0 aliphatic carbocycles. The van der Waals surface area contributed by atoms with Gasteiger partial charge in [-0.2, -0.15) is 0 Å². The second kappa shape index (κ2) is 3.95. The van der Waals surface area contributed by atoms with E-state index in [0.29, 0.717) is 0 Å². The maximum absolute atomic E-state index is 12.0. The Hall–Kier alpha value is -2.10. The van der Waals surface area contributed by atoms with Crippen molar-refractivity contribution in [3.8, 4) is 0 Å². The first-order chi connectivity index (χ1) is 8.81. The van der Waals surface area contributed by atoms with E-state index >= 15 is 0 Å². The zero-order valence-electron chi connectivity index (χ0n) is 10.9. The van der Waals surface area contributed by atoms with Crippen molar-refractivity contribution in [2.24, 2.45) is 11.3 Å². The maximum atomic E-state index is 12.0. The molecular formula is C12H15N3O4. The summed E-state index contributed by atoms with van der Waals surface area (Å²) < 4.78 is 4.90. The number of hydrogen-bond donors (Lipinski definition) is 2. The van der Waals surface area contributed by atoms with Crippen LogP contribution in [-0.4, -0.2) is 36.1 Å². The molecule has 2 amide bonds. The van der Waals surface area contributed by atoms with Gasteiger partial charge in [-0.25, -0.2) is 6.57 Å². The van der Waals surface area contributed by atoms with E-state index < -0.39 is 40.8 Å². The van der Waals surface area contributed by atoms with Gasteiger partial charge in [0.25, 0.3) is 0 Å². The molecule has 0 saturated carbocycles. The Balaban J connectivity index is 2.51. The fourth-order valence-corrected chi connectivity index (χ4v) is 2.97. The summed E-state index contributed by atoms with van der Waals surface area (Å²) in [5.41, 5.74) is -2.26. The third-order valence-corrected chi connectivity index (χ3v) is 4.15. The molecule has 2 unspecified atom stereocenters. The van der Waals surface area contributed by atoms with E-state index in [1.165, 1.54) is 0 Å². The lowest BCUT2D eigenvalue weighted by molar-refractivity contribution is -0.154. The molecule has 19 heavy (non-hydrogen) atoms. The van der Waals surface area contributed by atoms with Crippen LogP contribution < -0.4 is 10.6 Å².